The molecule has 0 spiro atoms. The Kier molecular flexibility index (Phi) is 4.50. The van der Waals surface area contributed by atoms with Gasteiger partial charge < -0.3 is 16.0 Å². The molecule has 1 unspecified atom stereocenters. The second kappa shape index (κ2) is 6.81. The molecule has 2 heterocycles. The van der Waals surface area contributed by atoms with E-state index in [4.69, 9.17) is 5.73 Å². The first-order valence-electron chi connectivity index (χ1n) is 9.27. The van der Waals surface area contributed by atoms with Crippen LogP contribution in [0, 0.1) is 5.92 Å². The van der Waals surface area contributed by atoms with Crippen molar-refractivity contribution < 1.29 is 14.4 Å². The van der Waals surface area contributed by atoms with Crippen molar-refractivity contribution in [2.75, 3.05) is 6.54 Å². The number of imide groups is 1. The summed E-state index contributed by atoms with van der Waals surface area (Å²) in [5, 5.41) is 5.89. The lowest BCUT2D eigenvalue weighted by atomic mass is 9.79. The Labute approximate surface area is 152 Å². The molecule has 1 saturated heterocycles. The lowest BCUT2D eigenvalue weighted by Gasteiger charge is -2.36. The fraction of sp³-hybridized carbons (Fsp3) is 0.526. The van der Waals surface area contributed by atoms with Crippen molar-refractivity contribution in [3.05, 3.63) is 34.9 Å². The van der Waals surface area contributed by atoms with Gasteiger partial charge in [-0.3, -0.25) is 19.7 Å². The molecule has 7 heteroatoms. The number of nitrogens with one attached hydrogen (secondary N) is 2. The summed E-state index contributed by atoms with van der Waals surface area (Å²) in [5.41, 5.74) is 8.51. The second-order valence-corrected chi connectivity index (χ2v) is 7.40. The Morgan fingerprint density at radius 3 is 2.73 bits per heavy atom. The van der Waals surface area contributed by atoms with Gasteiger partial charge in [-0.2, -0.15) is 0 Å². The molecule has 1 aromatic carbocycles. The van der Waals surface area contributed by atoms with Gasteiger partial charge in [0.05, 0.1) is 0 Å². The number of hydrogen-bond donors (Lipinski definition) is 3. The average Bonchev–Trinajstić information content (AvgIpc) is 2.92. The van der Waals surface area contributed by atoms with Crippen LogP contribution >= 0.6 is 0 Å². The molecule has 0 aromatic heterocycles. The molecule has 3 amide bonds. The van der Waals surface area contributed by atoms with E-state index in [-0.39, 0.29) is 24.1 Å². The molecule has 7 nitrogen and oxygen atoms in total. The average molecular weight is 356 g/mol. The number of carbonyl (C=O) groups excluding carboxylic acids is 3. The zero-order chi connectivity index (χ0) is 18.3. The van der Waals surface area contributed by atoms with Crippen LogP contribution in [0.15, 0.2) is 18.2 Å². The van der Waals surface area contributed by atoms with E-state index in [1.54, 1.807) is 4.90 Å². The summed E-state index contributed by atoms with van der Waals surface area (Å²) in [6, 6.07) is 5.62. The molecular weight excluding hydrogens is 332 g/mol. The highest BCUT2D eigenvalue weighted by molar-refractivity contribution is 6.05. The van der Waals surface area contributed by atoms with E-state index in [1.807, 2.05) is 18.2 Å². The number of benzene rings is 1. The van der Waals surface area contributed by atoms with E-state index in [0.717, 1.165) is 17.5 Å². The van der Waals surface area contributed by atoms with Crippen LogP contribution in [0.25, 0.3) is 0 Å². The minimum atomic E-state index is -0.568. The third-order valence-electron chi connectivity index (χ3n) is 5.95. The first kappa shape index (κ1) is 17.2. The summed E-state index contributed by atoms with van der Waals surface area (Å²) < 4.78 is 0. The van der Waals surface area contributed by atoms with Crippen LogP contribution in [0.2, 0.25) is 0 Å². The van der Waals surface area contributed by atoms with Crippen molar-refractivity contribution in [3.8, 4) is 0 Å². The molecule has 4 N–H and O–H groups in total. The first-order valence-corrected chi connectivity index (χ1v) is 9.27. The van der Waals surface area contributed by atoms with Crippen LogP contribution in [-0.4, -0.2) is 41.2 Å². The standard InChI is InChI=1S/C19H24N4O3/c20-8-11-4-5-15(11)21-9-12-2-1-3-13-14(12)10-23(19(13)26)16-6-7-17(24)22-18(16)25/h1-3,11,15-16,21H,4-10,20H2,(H,22,24,25)/t11-,15+,16?/m0/s1. The first-order chi connectivity index (χ1) is 12.6. The number of rotatable bonds is 5. The van der Waals surface area contributed by atoms with Gasteiger partial charge in [0.15, 0.2) is 0 Å². The van der Waals surface area contributed by atoms with Crippen LogP contribution in [0.5, 0.6) is 0 Å². The highest BCUT2D eigenvalue weighted by atomic mass is 16.2. The van der Waals surface area contributed by atoms with E-state index in [0.29, 0.717) is 43.6 Å². The molecule has 0 bridgehead atoms. The zero-order valence-electron chi connectivity index (χ0n) is 14.7. The number of piperidine rings is 1. The molecule has 26 heavy (non-hydrogen) atoms. The Bertz CT molecular complexity index is 761. The van der Waals surface area contributed by atoms with E-state index in [9.17, 15) is 14.4 Å². The fourth-order valence-electron chi connectivity index (χ4n) is 4.18. The summed E-state index contributed by atoms with van der Waals surface area (Å²) in [5.74, 6) is -0.231. The lowest BCUT2D eigenvalue weighted by Crippen LogP contribution is -2.52. The fourth-order valence-corrected chi connectivity index (χ4v) is 4.18. The quantitative estimate of drug-likeness (QED) is 0.657. The molecule has 0 radical (unpaired) electrons. The maximum atomic E-state index is 12.8. The summed E-state index contributed by atoms with van der Waals surface area (Å²) in [6.07, 6.45) is 2.96. The second-order valence-electron chi connectivity index (χ2n) is 7.40. The number of amides is 3. The number of nitrogens with two attached hydrogens (primary N) is 1. The summed E-state index contributed by atoms with van der Waals surface area (Å²) >= 11 is 0. The summed E-state index contributed by atoms with van der Waals surface area (Å²) in [7, 11) is 0. The van der Waals surface area contributed by atoms with Crippen LogP contribution in [0.3, 0.4) is 0 Å². The molecule has 3 atom stereocenters. The smallest absolute Gasteiger partial charge is 0.255 e. The molecule has 138 valence electrons. The van der Waals surface area contributed by atoms with Crippen molar-refractivity contribution in [3.63, 3.8) is 0 Å². The Balaban J connectivity index is 1.49. The van der Waals surface area contributed by atoms with E-state index < -0.39 is 6.04 Å². The minimum Gasteiger partial charge on any atom is -0.330 e. The van der Waals surface area contributed by atoms with Crippen molar-refractivity contribution in [2.24, 2.45) is 11.7 Å². The topological polar surface area (TPSA) is 105 Å². The highest BCUT2D eigenvalue weighted by Gasteiger charge is 2.39. The maximum absolute atomic E-state index is 12.8. The minimum absolute atomic E-state index is 0.125. The third kappa shape index (κ3) is 2.91. The predicted molar refractivity (Wildman–Crippen MR) is 94.9 cm³/mol. The molecule has 2 fully saturated rings. The molecule has 1 saturated carbocycles. The van der Waals surface area contributed by atoms with Gasteiger partial charge >= 0.3 is 0 Å². The van der Waals surface area contributed by atoms with Gasteiger partial charge in [0.2, 0.25) is 11.8 Å². The Hall–Kier alpha value is -2.25. The van der Waals surface area contributed by atoms with Gasteiger partial charge in [0.1, 0.15) is 6.04 Å². The van der Waals surface area contributed by atoms with Crippen LogP contribution < -0.4 is 16.4 Å². The van der Waals surface area contributed by atoms with Crippen LogP contribution in [-0.2, 0) is 22.7 Å². The zero-order valence-corrected chi connectivity index (χ0v) is 14.7. The molecule has 1 aromatic rings. The van der Waals surface area contributed by atoms with Crippen molar-refractivity contribution >= 4 is 17.7 Å². The molecule has 1 aliphatic carbocycles. The largest absolute Gasteiger partial charge is 0.330 e. The maximum Gasteiger partial charge on any atom is 0.255 e. The molecule has 3 aliphatic rings. The van der Waals surface area contributed by atoms with E-state index in [2.05, 4.69) is 10.6 Å². The highest BCUT2D eigenvalue weighted by Crippen LogP contribution is 2.31. The SMILES string of the molecule is NC[C@@H]1CC[C@H]1NCc1cccc2c1CN(C1CCC(=O)NC1=O)C2=O. The third-order valence-corrected chi connectivity index (χ3v) is 5.95. The lowest BCUT2D eigenvalue weighted by molar-refractivity contribution is -0.136. The van der Waals surface area contributed by atoms with Crippen molar-refractivity contribution in [1.29, 1.82) is 0 Å². The number of nitrogens with zero attached hydrogens (tertiary/aromatic N) is 1. The van der Waals surface area contributed by atoms with Crippen molar-refractivity contribution in [1.82, 2.24) is 15.5 Å². The van der Waals surface area contributed by atoms with Crippen LogP contribution in [0.4, 0.5) is 0 Å². The number of fused-ring (bicyclic) bond motifs is 1. The van der Waals surface area contributed by atoms with Gasteiger partial charge in [0, 0.05) is 31.1 Å². The van der Waals surface area contributed by atoms with Gasteiger partial charge in [-0.15, -0.1) is 0 Å². The van der Waals surface area contributed by atoms with Gasteiger partial charge in [-0.25, -0.2) is 0 Å². The molecule has 2 aliphatic heterocycles. The Morgan fingerprint density at radius 2 is 2.04 bits per heavy atom. The van der Waals surface area contributed by atoms with Crippen molar-refractivity contribution in [2.45, 2.75) is 50.9 Å². The van der Waals surface area contributed by atoms with Gasteiger partial charge in [0.25, 0.3) is 5.91 Å². The normalized spacial score (nSPS) is 28.0. The van der Waals surface area contributed by atoms with Crippen LogP contribution in [0.1, 0.15) is 47.2 Å². The van der Waals surface area contributed by atoms with E-state index in [1.165, 1.54) is 6.42 Å². The van der Waals surface area contributed by atoms with Gasteiger partial charge in [-0.05, 0) is 48.9 Å². The summed E-state index contributed by atoms with van der Waals surface area (Å²) in [6.45, 7) is 1.82. The number of hydrogen-bond acceptors (Lipinski definition) is 5. The van der Waals surface area contributed by atoms with E-state index >= 15 is 0 Å². The molecule has 4 rings (SSSR count). The molecular formula is C19H24N4O3. The number of carbonyl (C=O) groups is 3. The monoisotopic (exact) mass is 356 g/mol. The predicted octanol–water partition coefficient (Wildman–Crippen LogP) is 0.274. The Morgan fingerprint density at radius 1 is 1.19 bits per heavy atom. The van der Waals surface area contributed by atoms with Gasteiger partial charge in [-0.1, -0.05) is 12.1 Å². The summed E-state index contributed by atoms with van der Waals surface area (Å²) in [4.78, 5) is 37.9.